The molecule has 0 spiro atoms. The maximum absolute atomic E-state index is 5.90. The summed E-state index contributed by atoms with van der Waals surface area (Å²) in [4.78, 5) is 0. The molecule has 1 heterocycles. The van der Waals surface area contributed by atoms with E-state index in [-0.39, 0.29) is 12.2 Å². The predicted molar refractivity (Wildman–Crippen MR) is 76.8 cm³/mol. The summed E-state index contributed by atoms with van der Waals surface area (Å²) < 4.78 is 11.5. The highest BCUT2D eigenvalue weighted by Gasteiger charge is 2.23. The lowest BCUT2D eigenvalue weighted by Crippen LogP contribution is -2.34. The molecule has 1 aliphatic heterocycles. The van der Waals surface area contributed by atoms with Crippen molar-refractivity contribution in [3.63, 3.8) is 0 Å². The molecule has 0 bridgehead atoms. The van der Waals surface area contributed by atoms with E-state index in [9.17, 15) is 0 Å². The molecule has 2 heteroatoms. The van der Waals surface area contributed by atoms with Crippen LogP contribution in [0.2, 0.25) is 0 Å². The molecule has 104 valence electrons. The van der Waals surface area contributed by atoms with Gasteiger partial charge in [-0.05, 0) is 32.1 Å². The van der Waals surface area contributed by atoms with Gasteiger partial charge in [0.15, 0.2) is 0 Å². The summed E-state index contributed by atoms with van der Waals surface area (Å²) in [6.45, 7) is 9.25. The van der Waals surface area contributed by atoms with E-state index in [4.69, 9.17) is 9.47 Å². The van der Waals surface area contributed by atoms with Crippen molar-refractivity contribution in [1.29, 1.82) is 0 Å². The molecule has 1 saturated heterocycles. The molecule has 0 aromatic rings. The molecule has 0 unspecified atom stereocenters. The fraction of sp³-hybridized carbons (Fsp3) is 0.750. The number of allylic oxidation sites excluding steroid dienone is 1. The Kier molecular flexibility index (Phi) is 8.87. The Morgan fingerprint density at radius 3 is 2.67 bits per heavy atom. The quantitative estimate of drug-likeness (QED) is 0.427. The summed E-state index contributed by atoms with van der Waals surface area (Å²) in [6.07, 6.45) is 13.9. The van der Waals surface area contributed by atoms with E-state index in [1.165, 1.54) is 25.7 Å². The van der Waals surface area contributed by atoms with Gasteiger partial charge in [-0.3, -0.25) is 0 Å². The van der Waals surface area contributed by atoms with Gasteiger partial charge in [-0.15, -0.1) is 13.2 Å². The highest BCUT2D eigenvalue weighted by molar-refractivity contribution is 4.89. The summed E-state index contributed by atoms with van der Waals surface area (Å²) in [6, 6.07) is 0. The van der Waals surface area contributed by atoms with E-state index in [1.54, 1.807) is 0 Å². The summed E-state index contributed by atoms with van der Waals surface area (Å²) in [7, 11) is 0. The summed E-state index contributed by atoms with van der Waals surface area (Å²) in [5, 5.41) is 0. The minimum Gasteiger partial charge on any atom is -0.375 e. The molecule has 2 atom stereocenters. The summed E-state index contributed by atoms with van der Waals surface area (Å²) in [5.41, 5.74) is 0. The van der Waals surface area contributed by atoms with Gasteiger partial charge < -0.3 is 9.47 Å². The highest BCUT2D eigenvalue weighted by atomic mass is 16.5. The third kappa shape index (κ3) is 6.36. The zero-order valence-electron chi connectivity index (χ0n) is 11.6. The van der Waals surface area contributed by atoms with Crippen LogP contribution in [0, 0.1) is 0 Å². The van der Waals surface area contributed by atoms with Crippen molar-refractivity contribution < 1.29 is 9.47 Å². The second kappa shape index (κ2) is 10.3. The van der Waals surface area contributed by atoms with Crippen molar-refractivity contribution >= 4 is 0 Å². The van der Waals surface area contributed by atoms with E-state index >= 15 is 0 Å². The molecule has 1 fully saturated rings. The van der Waals surface area contributed by atoms with Crippen LogP contribution in [0.5, 0.6) is 0 Å². The van der Waals surface area contributed by atoms with Crippen molar-refractivity contribution in [1.82, 2.24) is 0 Å². The smallest absolute Gasteiger partial charge is 0.101 e. The molecular weight excluding hydrogens is 224 g/mol. The van der Waals surface area contributed by atoms with Crippen molar-refractivity contribution in [2.24, 2.45) is 0 Å². The Bertz CT molecular complexity index is 225. The minimum absolute atomic E-state index is 0.103. The molecule has 0 amide bonds. The average molecular weight is 252 g/mol. The second-order valence-corrected chi connectivity index (χ2v) is 4.97. The first kappa shape index (κ1) is 15.5. The lowest BCUT2D eigenvalue weighted by Gasteiger charge is -2.29. The zero-order valence-corrected chi connectivity index (χ0v) is 11.6. The van der Waals surface area contributed by atoms with Gasteiger partial charge in [-0.25, -0.2) is 0 Å². The van der Waals surface area contributed by atoms with Crippen LogP contribution in [0.15, 0.2) is 25.3 Å². The number of hydrogen-bond acceptors (Lipinski definition) is 2. The fourth-order valence-electron chi connectivity index (χ4n) is 2.33. The Morgan fingerprint density at radius 2 is 1.89 bits per heavy atom. The number of unbranched alkanes of at least 4 members (excludes halogenated alkanes) is 5. The molecule has 2 nitrogen and oxygen atoms in total. The number of hydrogen-bond donors (Lipinski definition) is 0. The summed E-state index contributed by atoms with van der Waals surface area (Å²) >= 11 is 0. The Morgan fingerprint density at radius 1 is 1.11 bits per heavy atom. The van der Waals surface area contributed by atoms with Gasteiger partial charge in [-0.1, -0.05) is 31.4 Å². The van der Waals surface area contributed by atoms with Crippen LogP contribution < -0.4 is 0 Å². The molecule has 18 heavy (non-hydrogen) atoms. The van der Waals surface area contributed by atoms with Crippen LogP contribution in [0.4, 0.5) is 0 Å². The van der Waals surface area contributed by atoms with E-state index < -0.39 is 0 Å². The first-order valence-corrected chi connectivity index (χ1v) is 7.35. The fourth-order valence-corrected chi connectivity index (χ4v) is 2.33. The molecule has 1 aliphatic rings. The third-order valence-corrected chi connectivity index (χ3v) is 3.43. The molecular formula is C16H28O2. The van der Waals surface area contributed by atoms with Crippen molar-refractivity contribution in [2.45, 2.75) is 63.6 Å². The van der Waals surface area contributed by atoms with E-state index in [1.807, 2.05) is 12.2 Å². The van der Waals surface area contributed by atoms with Gasteiger partial charge in [-0.2, -0.15) is 0 Å². The molecule has 0 aliphatic carbocycles. The van der Waals surface area contributed by atoms with Crippen LogP contribution in [-0.2, 0) is 9.47 Å². The van der Waals surface area contributed by atoms with Gasteiger partial charge in [0.25, 0.3) is 0 Å². The lowest BCUT2D eigenvalue weighted by atomic mass is 10.1. The predicted octanol–water partition coefficient (Wildman–Crippen LogP) is 4.26. The van der Waals surface area contributed by atoms with Gasteiger partial charge in [0.1, 0.15) is 6.10 Å². The summed E-state index contributed by atoms with van der Waals surface area (Å²) in [5.74, 6) is 0. The van der Waals surface area contributed by atoms with Crippen molar-refractivity contribution in [2.75, 3.05) is 13.2 Å². The SMILES string of the molecule is C=CCCCCCCCO[C@H]1CCCO[C@@H]1C=C. The maximum atomic E-state index is 5.90. The maximum Gasteiger partial charge on any atom is 0.101 e. The molecule has 0 saturated carbocycles. The van der Waals surface area contributed by atoms with Crippen LogP contribution >= 0.6 is 0 Å². The van der Waals surface area contributed by atoms with E-state index in [0.717, 1.165) is 38.9 Å². The Hall–Kier alpha value is -0.600. The molecule has 0 N–H and O–H groups in total. The first-order valence-electron chi connectivity index (χ1n) is 7.35. The number of rotatable bonds is 10. The van der Waals surface area contributed by atoms with E-state index in [0.29, 0.717) is 0 Å². The van der Waals surface area contributed by atoms with E-state index in [2.05, 4.69) is 13.2 Å². The van der Waals surface area contributed by atoms with Gasteiger partial charge in [0.05, 0.1) is 6.10 Å². The van der Waals surface area contributed by atoms with Gasteiger partial charge >= 0.3 is 0 Å². The average Bonchev–Trinajstić information content (AvgIpc) is 2.42. The Balaban J connectivity index is 1.96. The van der Waals surface area contributed by atoms with Gasteiger partial charge in [0.2, 0.25) is 0 Å². The second-order valence-electron chi connectivity index (χ2n) is 4.97. The van der Waals surface area contributed by atoms with Gasteiger partial charge in [0, 0.05) is 13.2 Å². The van der Waals surface area contributed by atoms with Crippen LogP contribution in [0.1, 0.15) is 51.4 Å². The minimum atomic E-state index is 0.103. The zero-order chi connectivity index (χ0) is 13.1. The molecule has 0 radical (unpaired) electrons. The van der Waals surface area contributed by atoms with Crippen LogP contribution in [0.25, 0.3) is 0 Å². The normalized spacial score (nSPS) is 23.8. The van der Waals surface area contributed by atoms with Crippen LogP contribution in [-0.4, -0.2) is 25.4 Å². The standard InChI is InChI=1S/C16H28O2/c1-3-5-6-7-8-9-10-13-18-16-12-11-14-17-15(16)4-2/h3-4,15-16H,1-2,5-14H2/t15-,16+/m1/s1. The lowest BCUT2D eigenvalue weighted by molar-refractivity contribution is -0.0850. The van der Waals surface area contributed by atoms with Crippen molar-refractivity contribution in [3.05, 3.63) is 25.3 Å². The number of ether oxygens (including phenoxy) is 2. The third-order valence-electron chi connectivity index (χ3n) is 3.43. The van der Waals surface area contributed by atoms with Crippen molar-refractivity contribution in [3.8, 4) is 0 Å². The largest absolute Gasteiger partial charge is 0.375 e. The molecule has 0 aromatic carbocycles. The molecule has 1 rings (SSSR count). The Labute approximate surface area is 112 Å². The molecule has 0 aromatic heterocycles. The topological polar surface area (TPSA) is 18.5 Å². The monoisotopic (exact) mass is 252 g/mol. The first-order chi connectivity index (χ1) is 8.88. The van der Waals surface area contributed by atoms with Crippen LogP contribution in [0.3, 0.4) is 0 Å². The highest BCUT2D eigenvalue weighted by Crippen LogP contribution is 2.18.